The van der Waals surface area contributed by atoms with Gasteiger partial charge in [-0.2, -0.15) is 0 Å². The van der Waals surface area contributed by atoms with E-state index in [9.17, 15) is 0 Å². The minimum absolute atomic E-state index is 0.546. The van der Waals surface area contributed by atoms with E-state index in [1.807, 2.05) is 37.3 Å². The fourth-order valence-electron chi connectivity index (χ4n) is 0.986. The number of halogens is 1. The van der Waals surface area contributed by atoms with Crippen molar-refractivity contribution in [2.75, 3.05) is 6.54 Å². The van der Waals surface area contributed by atoms with E-state index < -0.39 is 0 Å². The topological polar surface area (TPSA) is 26.0 Å². The van der Waals surface area contributed by atoms with Crippen molar-refractivity contribution in [3.05, 3.63) is 40.4 Å². The largest absolute Gasteiger partial charge is 0.327 e. The van der Waals surface area contributed by atoms with Crippen molar-refractivity contribution in [1.29, 1.82) is 0 Å². The zero-order valence-corrected chi connectivity index (χ0v) is 7.81. The highest BCUT2D eigenvalue weighted by molar-refractivity contribution is 6.32. The van der Waals surface area contributed by atoms with Gasteiger partial charge in [0.1, 0.15) is 0 Å². The van der Waals surface area contributed by atoms with Crippen molar-refractivity contribution >= 4 is 17.7 Å². The highest BCUT2D eigenvalue weighted by Gasteiger charge is 1.94. The van der Waals surface area contributed by atoms with Crippen molar-refractivity contribution in [1.82, 2.24) is 0 Å². The highest BCUT2D eigenvalue weighted by Crippen LogP contribution is 2.18. The average Bonchev–Trinajstić information content (AvgIpc) is 2.07. The lowest BCUT2D eigenvalue weighted by Crippen LogP contribution is -1.92. The SMILES string of the molecule is Cc1ccc(Cl)c(/C=C/CN)c1. The lowest BCUT2D eigenvalue weighted by atomic mass is 10.1. The molecule has 1 nitrogen and oxygen atoms in total. The van der Waals surface area contributed by atoms with Crippen LogP contribution in [0.4, 0.5) is 0 Å². The maximum atomic E-state index is 5.94. The summed E-state index contributed by atoms with van der Waals surface area (Å²) < 4.78 is 0. The second-order valence-electron chi connectivity index (χ2n) is 2.66. The molecule has 0 spiro atoms. The van der Waals surface area contributed by atoms with E-state index >= 15 is 0 Å². The van der Waals surface area contributed by atoms with Crippen molar-refractivity contribution in [3.63, 3.8) is 0 Å². The van der Waals surface area contributed by atoms with Crippen LogP contribution in [0.3, 0.4) is 0 Å². The fourth-order valence-corrected chi connectivity index (χ4v) is 1.17. The molecule has 0 radical (unpaired) electrons. The molecule has 0 aliphatic rings. The highest BCUT2D eigenvalue weighted by atomic mass is 35.5. The minimum Gasteiger partial charge on any atom is -0.327 e. The van der Waals surface area contributed by atoms with Gasteiger partial charge in [0.15, 0.2) is 0 Å². The van der Waals surface area contributed by atoms with Crippen LogP contribution in [0.25, 0.3) is 6.08 Å². The van der Waals surface area contributed by atoms with Crippen LogP contribution in [-0.2, 0) is 0 Å². The molecule has 0 unspecified atom stereocenters. The number of rotatable bonds is 2. The Bertz CT molecular complexity index is 292. The van der Waals surface area contributed by atoms with Gasteiger partial charge in [-0.05, 0) is 18.6 Å². The first-order valence-corrected chi connectivity index (χ1v) is 4.24. The van der Waals surface area contributed by atoms with Crippen molar-refractivity contribution in [3.8, 4) is 0 Å². The first-order valence-electron chi connectivity index (χ1n) is 3.87. The summed E-state index contributed by atoms with van der Waals surface area (Å²) in [7, 11) is 0. The van der Waals surface area contributed by atoms with Crippen LogP contribution in [0.5, 0.6) is 0 Å². The molecule has 2 N–H and O–H groups in total. The Morgan fingerprint density at radius 2 is 2.25 bits per heavy atom. The molecule has 1 aromatic rings. The zero-order chi connectivity index (χ0) is 8.97. The molecular weight excluding hydrogens is 170 g/mol. The van der Waals surface area contributed by atoms with E-state index in [1.165, 1.54) is 5.56 Å². The number of nitrogens with two attached hydrogens (primary N) is 1. The summed E-state index contributed by atoms with van der Waals surface area (Å²) in [5.74, 6) is 0. The molecular formula is C10H12ClN. The van der Waals surface area contributed by atoms with E-state index in [2.05, 4.69) is 0 Å². The molecule has 0 saturated heterocycles. The summed E-state index contributed by atoms with van der Waals surface area (Å²) in [5.41, 5.74) is 7.57. The smallest absolute Gasteiger partial charge is 0.0478 e. The molecule has 0 aliphatic carbocycles. The van der Waals surface area contributed by atoms with Gasteiger partial charge in [0, 0.05) is 11.6 Å². The summed E-state index contributed by atoms with van der Waals surface area (Å²) in [6.07, 6.45) is 3.83. The van der Waals surface area contributed by atoms with Gasteiger partial charge in [-0.15, -0.1) is 0 Å². The Labute approximate surface area is 77.8 Å². The molecule has 0 saturated carbocycles. The zero-order valence-electron chi connectivity index (χ0n) is 7.05. The maximum absolute atomic E-state index is 5.94. The molecule has 0 bridgehead atoms. The van der Waals surface area contributed by atoms with E-state index in [0.29, 0.717) is 6.54 Å². The van der Waals surface area contributed by atoms with Gasteiger partial charge in [-0.1, -0.05) is 41.4 Å². The molecule has 0 fully saturated rings. The number of aryl methyl sites for hydroxylation is 1. The van der Waals surface area contributed by atoms with E-state index in [-0.39, 0.29) is 0 Å². The first kappa shape index (κ1) is 9.30. The first-order chi connectivity index (χ1) is 5.74. The quantitative estimate of drug-likeness (QED) is 0.746. The number of hydrogen-bond acceptors (Lipinski definition) is 1. The van der Waals surface area contributed by atoms with Gasteiger partial charge in [-0.25, -0.2) is 0 Å². The molecule has 0 amide bonds. The van der Waals surface area contributed by atoms with Crippen LogP contribution in [0.1, 0.15) is 11.1 Å². The Kier molecular flexibility index (Phi) is 3.32. The molecule has 1 aromatic carbocycles. The molecule has 0 atom stereocenters. The Morgan fingerprint density at radius 1 is 1.50 bits per heavy atom. The second kappa shape index (κ2) is 4.29. The fraction of sp³-hybridized carbons (Fsp3) is 0.200. The van der Waals surface area contributed by atoms with Crippen LogP contribution < -0.4 is 5.73 Å². The Balaban J connectivity index is 2.97. The van der Waals surface area contributed by atoms with E-state index in [1.54, 1.807) is 0 Å². The van der Waals surface area contributed by atoms with Gasteiger partial charge < -0.3 is 5.73 Å². The minimum atomic E-state index is 0.546. The van der Waals surface area contributed by atoms with Crippen LogP contribution in [0.2, 0.25) is 5.02 Å². The van der Waals surface area contributed by atoms with Gasteiger partial charge >= 0.3 is 0 Å². The average molecular weight is 182 g/mol. The molecule has 0 heterocycles. The molecule has 2 heteroatoms. The maximum Gasteiger partial charge on any atom is 0.0478 e. The third kappa shape index (κ3) is 2.36. The van der Waals surface area contributed by atoms with E-state index in [4.69, 9.17) is 17.3 Å². The summed E-state index contributed by atoms with van der Waals surface area (Å²) in [5, 5.41) is 0.769. The molecule has 0 aliphatic heterocycles. The molecule has 64 valence electrons. The van der Waals surface area contributed by atoms with Crippen molar-refractivity contribution in [2.24, 2.45) is 5.73 Å². The molecule has 1 rings (SSSR count). The van der Waals surface area contributed by atoms with Crippen LogP contribution in [-0.4, -0.2) is 6.54 Å². The number of benzene rings is 1. The Morgan fingerprint density at radius 3 is 2.92 bits per heavy atom. The monoisotopic (exact) mass is 181 g/mol. The van der Waals surface area contributed by atoms with Crippen molar-refractivity contribution < 1.29 is 0 Å². The standard InChI is InChI=1S/C10H12ClN/c1-8-4-5-10(11)9(7-8)3-2-6-12/h2-5,7H,6,12H2,1H3/b3-2+. The summed E-state index contributed by atoms with van der Waals surface area (Å²) in [6, 6.07) is 5.92. The predicted molar refractivity (Wildman–Crippen MR) is 54.3 cm³/mol. The summed E-state index contributed by atoms with van der Waals surface area (Å²) >= 11 is 5.94. The molecule has 12 heavy (non-hydrogen) atoms. The lowest BCUT2D eigenvalue weighted by molar-refractivity contribution is 1.26. The van der Waals surface area contributed by atoms with Crippen LogP contribution in [0.15, 0.2) is 24.3 Å². The predicted octanol–water partition coefficient (Wildman–Crippen LogP) is 2.62. The summed E-state index contributed by atoms with van der Waals surface area (Å²) in [6.45, 7) is 2.58. The Hall–Kier alpha value is -0.790. The van der Waals surface area contributed by atoms with Gasteiger partial charge in [-0.3, -0.25) is 0 Å². The normalized spacial score (nSPS) is 10.9. The van der Waals surface area contributed by atoms with Gasteiger partial charge in [0.25, 0.3) is 0 Å². The van der Waals surface area contributed by atoms with E-state index in [0.717, 1.165) is 10.6 Å². The van der Waals surface area contributed by atoms with Gasteiger partial charge in [0.2, 0.25) is 0 Å². The van der Waals surface area contributed by atoms with Crippen LogP contribution >= 0.6 is 11.6 Å². The van der Waals surface area contributed by atoms with Crippen LogP contribution in [0, 0.1) is 6.92 Å². The van der Waals surface area contributed by atoms with Crippen molar-refractivity contribution in [2.45, 2.75) is 6.92 Å². The van der Waals surface area contributed by atoms with Gasteiger partial charge in [0.05, 0.1) is 0 Å². The lowest BCUT2D eigenvalue weighted by Gasteiger charge is -1.98. The number of hydrogen-bond donors (Lipinski definition) is 1. The third-order valence-electron chi connectivity index (χ3n) is 1.58. The molecule has 0 aromatic heterocycles. The second-order valence-corrected chi connectivity index (χ2v) is 3.07. The third-order valence-corrected chi connectivity index (χ3v) is 1.93. The summed E-state index contributed by atoms with van der Waals surface area (Å²) in [4.78, 5) is 0.